The van der Waals surface area contributed by atoms with Crippen LogP contribution < -0.4 is 10.6 Å². The Morgan fingerprint density at radius 2 is 2.29 bits per heavy atom. The van der Waals surface area contributed by atoms with Gasteiger partial charge in [-0.3, -0.25) is 0 Å². The summed E-state index contributed by atoms with van der Waals surface area (Å²) < 4.78 is 0. The van der Waals surface area contributed by atoms with Crippen molar-refractivity contribution in [2.75, 3.05) is 25.0 Å². The summed E-state index contributed by atoms with van der Waals surface area (Å²) in [6.45, 7) is 6.82. The summed E-state index contributed by atoms with van der Waals surface area (Å²) in [5.41, 5.74) is 2.03. The average molecular weight is 289 g/mol. The van der Waals surface area contributed by atoms with Crippen molar-refractivity contribution in [3.8, 4) is 0 Å². The number of amides is 2. The van der Waals surface area contributed by atoms with Crippen molar-refractivity contribution in [1.29, 1.82) is 0 Å². The highest BCUT2D eigenvalue weighted by molar-refractivity contribution is 5.89. The second kappa shape index (κ2) is 8.03. The summed E-state index contributed by atoms with van der Waals surface area (Å²) in [6, 6.07) is 8.39. The average Bonchev–Trinajstić information content (AvgIpc) is 2.48. The zero-order valence-corrected chi connectivity index (χ0v) is 13.2. The summed E-state index contributed by atoms with van der Waals surface area (Å²) in [6.07, 6.45) is 4.66. The van der Waals surface area contributed by atoms with Gasteiger partial charge in [-0.2, -0.15) is 0 Å². The van der Waals surface area contributed by atoms with E-state index >= 15 is 0 Å². The molecule has 2 amide bonds. The van der Waals surface area contributed by atoms with Crippen LogP contribution in [0, 0.1) is 6.92 Å². The van der Waals surface area contributed by atoms with E-state index in [0.29, 0.717) is 6.04 Å². The van der Waals surface area contributed by atoms with Gasteiger partial charge >= 0.3 is 6.03 Å². The predicted octanol–water partition coefficient (Wildman–Crippen LogP) is 3.38. The van der Waals surface area contributed by atoms with Crippen LogP contribution in [-0.2, 0) is 0 Å². The van der Waals surface area contributed by atoms with E-state index in [0.717, 1.165) is 43.7 Å². The SMILES string of the molecule is CCCN(CC1CCCCN1)C(=O)Nc1cccc(C)c1. The number of carbonyl (C=O) groups is 1. The molecular weight excluding hydrogens is 262 g/mol. The van der Waals surface area contributed by atoms with Crippen molar-refractivity contribution in [1.82, 2.24) is 10.2 Å². The molecule has 0 spiro atoms. The van der Waals surface area contributed by atoms with Crippen molar-refractivity contribution in [2.24, 2.45) is 0 Å². The van der Waals surface area contributed by atoms with Gasteiger partial charge in [0, 0.05) is 24.8 Å². The highest BCUT2D eigenvalue weighted by Gasteiger charge is 2.20. The molecule has 1 heterocycles. The molecule has 1 atom stereocenters. The van der Waals surface area contributed by atoms with E-state index in [1.807, 2.05) is 36.1 Å². The molecule has 1 fully saturated rings. The smallest absolute Gasteiger partial charge is 0.321 e. The molecule has 2 rings (SSSR count). The molecule has 0 aromatic heterocycles. The van der Waals surface area contributed by atoms with Crippen LogP contribution in [-0.4, -0.2) is 36.6 Å². The zero-order valence-electron chi connectivity index (χ0n) is 13.2. The maximum atomic E-state index is 12.5. The van der Waals surface area contributed by atoms with Gasteiger partial charge in [0.15, 0.2) is 0 Å². The lowest BCUT2D eigenvalue weighted by Gasteiger charge is -2.30. The lowest BCUT2D eigenvalue weighted by molar-refractivity contribution is 0.199. The normalized spacial score (nSPS) is 18.3. The summed E-state index contributed by atoms with van der Waals surface area (Å²) in [5.74, 6) is 0. The number of rotatable bonds is 5. The van der Waals surface area contributed by atoms with Gasteiger partial charge in [-0.15, -0.1) is 0 Å². The van der Waals surface area contributed by atoms with E-state index in [9.17, 15) is 4.79 Å². The predicted molar refractivity (Wildman–Crippen MR) is 87.7 cm³/mol. The van der Waals surface area contributed by atoms with Gasteiger partial charge in [-0.25, -0.2) is 4.79 Å². The Morgan fingerprint density at radius 3 is 2.95 bits per heavy atom. The topological polar surface area (TPSA) is 44.4 Å². The molecule has 1 saturated heterocycles. The van der Waals surface area contributed by atoms with Crippen LogP contribution in [0.15, 0.2) is 24.3 Å². The molecule has 4 heteroatoms. The molecule has 0 aliphatic carbocycles. The highest BCUT2D eigenvalue weighted by Crippen LogP contribution is 2.13. The number of hydrogen-bond donors (Lipinski definition) is 2. The van der Waals surface area contributed by atoms with Crippen molar-refractivity contribution in [2.45, 2.75) is 45.6 Å². The molecule has 0 saturated carbocycles. The maximum Gasteiger partial charge on any atom is 0.321 e. The Kier molecular flexibility index (Phi) is 6.05. The summed E-state index contributed by atoms with van der Waals surface area (Å²) in [5, 5.41) is 6.53. The molecule has 0 radical (unpaired) electrons. The minimum Gasteiger partial charge on any atom is -0.323 e. The molecule has 1 aromatic rings. The molecule has 1 aliphatic heterocycles. The number of piperidine rings is 1. The summed E-state index contributed by atoms with van der Waals surface area (Å²) in [4.78, 5) is 14.4. The number of anilines is 1. The lowest BCUT2D eigenvalue weighted by atomic mass is 10.0. The minimum absolute atomic E-state index is 0.00910. The van der Waals surface area contributed by atoms with E-state index < -0.39 is 0 Å². The van der Waals surface area contributed by atoms with Gasteiger partial charge in [0.05, 0.1) is 0 Å². The first-order valence-corrected chi connectivity index (χ1v) is 8.05. The molecule has 0 bridgehead atoms. The first-order valence-electron chi connectivity index (χ1n) is 8.05. The fourth-order valence-electron chi connectivity index (χ4n) is 2.82. The molecule has 1 aromatic carbocycles. The van der Waals surface area contributed by atoms with Crippen LogP contribution >= 0.6 is 0 Å². The fourth-order valence-corrected chi connectivity index (χ4v) is 2.82. The van der Waals surface area contributed by atoms with Crippen LogP contribution in [0.4, 0.5) is 10.5 Å². The van der Waals surface area contributed by atoms with Crippen molar-refractivity contribution >= 4 is 11.7 Å². The third-order valence-electron chi connectivity index (χ3n) is 3.90. The van der Waals surface area contributed by atoms with E-state index in [1.54, 1.807) is 0 Å². The fraction of sp³-hybridized carbons (Fsp3) is 0.588. The van der Waals surface area contributed by atoms with E-state index in [1.165, 1.54) is 12.8 Å². The third-order valence-corrected chi connectivity index (χ3v) is 3.90. The van der Waals surface area contributed by atoms with Crippen LogP contribution in [0.5, 0.6) is 0 Å². The van der Waals surface area contributed by atoms with Crippen molar-refractivity contribution in [3.63, 3.8) is 0 Å². The molecule has 2 N–H and O–H groups in total. The molecule has 1 unspecified atom stereocenters. The highest BCUT2D eigenvalue weighted by atomic mass is 16.2. The van der Waals surface area contributed by atoms with Gasteiger partial charge in [0.2, 0.25) is 0 Å². The summed E-state index contributed by atoms with van der Waals surface area (Å²) >= 11 is 0. The van der Waals surface area contributed by atoms with E-state index in [2.05, 4.69) is 17.6 Å². The number of carbonyl (C=O) groups excluding carboxylic acids is 1. The zero-order chi connectivity index (χ0) is 15.1. The van der Waals surface area contributed by atoms with Gasteiger partial charge in [0.1, 0.15) is 0 Å². The number of nitrogens with zero attached hydrogens (tertiary/aromatic N) is 1. The number of aryl methyl sites for hydroxylation is 1. The maximum absolute atomic E-state index is 12.5. The molecule has 116 valence electrons. The lowest BCUT2D eigenvalue weighted by Crippen LogP contribution is -2.47. The van der Waals surface area contributed by atoms with Gasteiger partial charge in [-0.1, -0.05) is 25.5 Å². The molecule has 1 aliphatic rings. The van der Waals surface area contributed by atoms with Crippen LogP contribution in [0.1, 0.15) is 38.2 Å². The quantitative estimate of drug-likeness (QED) is 0.872. The Bertz CT molecular complexity index is 455. The van der Waals surface area contributed by atoms with Crippen LogP contribution in [0.3, 0.4) is 0 Å². The number of benzene rings is 1. The number of nitrogens with one attached hydrogen (secondary N) is 2. The van der Waals surface area contributed by atoms with E-state index in [-0.39, 0.29) is 6.03 Å². The van der Waals surface area contributed by atoms with Crippen LogP contribution in [0.25, 0.3) is 0 Å². The van der Waals surface area contributed by atoms with Gasteiger partial charge in [-0.05, 0) is 50.4 Å². The number of urea groups is 1. The Labute approximate surface area is 127 Å². The Balaban J connectivity index is 1.94. The third kappa shape index (κ3) is 5.05. The molecular formula is C17H27N3O. The first kappa shape index (κ1) is 15.8. The van der Waals surface area contributed by atoms with Gasteiger partial charge < -0.3 is 15.5 Å². The van der Waals surface area contributed by atoms with Crippen molar-refractivity contribution < 1.29 is 4.79 Å². The largest absolute Gasteiger partial charge is 0.323 e. The standard InChI is InChI=1S/C17H27N3O/c1-3-11-20(13-16-8-4-5-10-18-16)17(21)19-15-9-6-7-14(2)12-15/h6-7,9,12,16,18H,3-5,8,10-11,13H2,1-2H3,(H,19,21). The van der Waals surface area contributed by atoms with Crippen molar-refractivity contribution in [3.05, 3.63) is 29.8 Å². The minimum atomic E-state index is 0.00910. The monoisotopic (exact) mass is 289 g/mol. The summed E-state index contributed by atoms with van der Waals surface area (Å²) in [7, 11) is 0. The second-order valence-electron chi connectivity index (χ2n) is 5.89. The Hall–Kier alpha value is -1.55. The van der Waals surface area contributed by atoms with Gasteiger partial charge in [0.25, 0.3) is 0 Å². The molecule has 4 nitrogen and oxygen atoms in total. The van der Waals surface area contributed by atoms with E-state index in [4.69, 9.17) is 0 Å². The first-order chi connectivity index (χ1) is 10.2. The van der Waals surface area contributed by atoms with Crippen LogP contribution in [0.2, 0.25) is 0 Å². The number of hydrogen-bond acceptors (Lipinski definition) is 2. The second-order valence-corrected chi connectivity index (χ2v) is 5.89. The Morgan fingerprint density at radius 1 is 1.43 bits per heavy atom. The molecule has 21 heavy (non-hydrogen) atoms.